The summed E-state index contributed by atoms with van der Waals surface area (Å²) in [4.78, 5) is 0. The van der Waals surface area contributed by atoms with Crippen LogP contribution >= 0.6 is 0 Å². The minimum Gasteiger partial charge on any atom is -0.311 e. The van der Waals surface area contributed by atoms with Crippen LogP contribution in [0.3, 0.4) is 0 Å². The molecule has 0 aromatic heterocycles. The van der Waals surface area contributed by atoms with Crippen LogP contribution in [0, 0.1) is 5.41 Å². The molecule has 0 saturated heterocycles. The Kier molecular flexibility index (Phi) is 5.82. The van der Waals surface area contributed by atoms with Gasteiger partial charge in [-0.2, -0.15) is 0 Å². The maximum absolute atomic E-state index is 3.81. The first-order chi connectivity index (χ1) is 7.53. The van der Waals surface area contributed by atoms with Crippen LogP contribution in [-0.4, -0.2) is 12.1 Å². The molecule has 1 aliphatic carbocycles. The van der Waals surface area contributed by atoms with Crippen LogP contribution in [0.15, 0.2) is 0 Å². The highest BCUT2D eigenvalue weighted by Crippen LogP contribution is 2.37. The molecule has 0 bridgehead atoms. The van der Waals surface area contributed by atoms with Crippen LogP contribution in [0.1, 0.15) is 79.1 Å². The number of hydrogen-bond donors (Lipinski definition) is 1. The highest BCUT2D eigenvalue weighted by molar-refractivity contribution is 4.87. The van der Waals surface area contributed by atoms with Crippen LogP contribution in [0.5, 0.6) is 0 Å². The van der Waals surface area contributed by atoms with E-state index in [2.05, 4.69) is 33.0 Å². The van der Waals surface area contributed by atoms with Crippen LogP contribution in [0.25, 0.3) is 0 Å². The van der Waals surface area contributed by atoms with Gasteiger partial charge in [-0.3, -0.25) is 0 Å². The standard InChI is InChI=1S/C15H31N/c1-5-6-7-8-9-13(2)16-14-10-11-15(3,4)12-14/h13-14,16H,5-12H2,1-4H3. The molecule has 2 unspecified atom stereocenters. The van der Waals surface area contributed by atoms with Crippen molar-refractivity contribution in [2.75, 3.05) is 0 Å². The Hall–Kier alpha value is -0.0400. The minimum absolute atomic E-state index is 0.583. The SMILES string of the molecule is CCCCCCC(C)NC1CCC(C)(C)C1. The van der Waals surface area contributed by atoms with E-state index in [9.17, 15) is 0 Å². The van der Waals surface area contributed by atoms with Gasteiger partial charge in [0.05, 0.1) is 0 Å². The molecule has 1 fully saturated rings. The Morgan fingerprint density at radius 1 is 1.25 bits per heavy atom. The molecule has 0 radical (unpaired) electrons. The number of nitrogens with one attached hydrogen (secondary N) is 1. The van der Waals surface area contributed by atoms with Gasteiger partial charge in [0.1, 0.15) is 0 Å². The number of rotatable bonds is 7. The molecule has 0 aromatic rings. The van der Waals surface area contributed by atoms with Crippen molar-refractivity contribution in [3.05, 3.63) is 0 Å². The van der Waals surface area contributed by atoms with Crippen LogP contribution < -0.4 is 5.32 Å². The maximum atomic E-state index is 3.81. The van der Waals surface area contributed by atoms with Gasteiger partial charge in [0.2, 0.25) is 0 Å². The van der Waals surface area contributed by atoms with Gasteiger partial charge in [0.25, 0.3) is 0 Å². The van der Waals surface area contributed by atoms with E-state index in [4.69, 9.17) is 0 Å². The molecular formula is C15H31N. The van der Waals surface area contributed by atoms with Crippen molar-refractivity contribution in [1.82, 2.24) is 5.32 Å². The molecule has 0 amide bonds. The molecule has 1 saturated carbocycles. The topological polar surface area (TPSA) is 12.0 Å². The molecule has 1 N–H and O–H groups in total. The third kappa shape index (κ3) is 5.34. The molecule has 2 atom stereocenters. The molecule has 1 aliphatic rings. The second-order valence-corrected chi connectivity index (χ2v) is 6.52. The smallest absolute Gasteiger partial charge is 0.00748 e. The summed E-state index contributed by atoms with van der Waals surface area (Å²) in [6.45, 7) is 9.45. The molecule has 0 aliphatic heterocycles. The fourth-order valence-corrected chi connectivity index (χ4v) is 2.94. The summed E-state index contributed by atoms with van der Waals surface area (Å²) in [7, 11) is 0. The van der Waals surface area contributed by atoms with Crippen molar-refractivity contribution in [3.8, 4) is 0 Å². The van der Waals surface area contributed by atoms with Crippen molar-refractivity contribution in [3.63, 3.8) is 0 Å². The van der Waals surface area contributed by atoms with Gasteiger partial charge >= 0.3 is 0 Å². The van der Waals surface area contributed by atoms with Crippen molar-refractivity contribution in [2.45, 2.75) is 91.1 Å². The first-order valence-electron chi connectivity index (χ1n) is 7.29. The molecule has 0 aromatic carbocycles. The van der Waals surface area contributed by atoms with E-state index < -0.39 is 0 Å². The third-order valence-corrected chi connectivity index (χ3v) is 3.98. The lowest BCUT2D eigenvalue weighted by atomic mass is 9.92. The van der Waals surface area contributed by atoms with E-state index in [0.717, 1.165) is 12.1 Å². The predicted octanol–water partition coefficient (Wildman–Crippen LogP) is 4.51. The normalized spacial score (nSPS) is 25.9. The first kappa shape index (κ1) is 14.0. The zero-order valence-electron chi connectivity index (χ0n) is 11.8. The molecule has 1 rings (SSSR count). The molecular weight excluding hydrogens is 194 g/mol. The number of unbranched alkanes of at least 4 members (excludes halogenated alkanes) is 3. The Morgan fingerprint density at radius 2 is 2.00 bits per heavy atom. The van der Waals surface area contributed by atoms with Gasteiger partial charge in [0, 0.05) is 12.1 Å². The molecule has 1 heteroatoms. The zero-order chi connectivity index (χ0) is 12.0. The summed E-state index contributed by atoms with van der Waals surface area (Å²) < 4.78 is 0. The van der Waals surface area contributed by atoms with Crippen molar-refractivity contribution >= 4 is 0 Å². The van der Waals surface area contributed by atoms with E-state index in [1.165, 1.54) is 51.4 Å². The van der Waals surface area contributed by atoms with Gasteiger partial charge in [-0.05, 0) is 38.0 Å². The molecule has 16 heavy (non-hydrogen) atoms. The molecule has 0 heterocycles. The molecule has 96 valence electrons. The second-order valence-electron chi connectivity index (χ2n) is 6.52. The van der Waals surface area contributed by atoms with Crippen LogP contribution in [-0.2, 0) is 0 Å². The van der Waals surface area contributed by atoms with Gasteiger partial charge < -0.3 is 5.32 Å². The predicted molar refractivity (Wildman–Crippen MR) is 72.8 cm³/mol. The van der Waals surface area contributed by atoms with E-state index in [1.807, 2.05) is 0 Å². The highest BCUT2D eigenvalue weighted by Gasteiger charge is 2.31. The van der Waals surface area contributed by atoms with Gasteiger partial charge in [-0.15, -0.1) is 0 Å². The van der Waals surface area contributed by atoms with Gasteiger partial charge in [0.15, 0.2) is 0 Å². The summed E-state index contributed by atoms with van der Waals surface area (Å²) >= 11 is 0. The van der Waals surface area contributed by atoms with Gasteiger partial charge in [-0.1, -0.05) is 46.5 Å². The lowest BCUT2D eigenvalue weighted by molar-refractivity contribution is 0.349. The monoisotopic (exact) mass is 225 g/mol. The quantitative estimate of drug-likeness (QED) is 0.628. The highest BCUT2D eigenvalue weighted by atomic mass is 14.9. The molecule has 1 nitrogen and oxygen atoms in total. The lowest BCUT2D eigenvalue weighted by Gasteiger charge is -2.21. The largest absolute Gasteiger partial charge is 0.311 e. The van der Waals surface area contributed by atoms with E-state index in [1.54, 1.807) is 0 Å². The Labute approximate surface area is 102 Å². The summed E-state index contributed by atoms with van der Waals surface area (Å²) in [6, 6.07) is 1.51. The fourth-order valence-electron chi connectivity index (χ4n) is 2.94. The van der Waals surface area contributed by atoms with E-state index >= 15 is 0 Å². The zero-order valence-corrected chi connectivity index (χ0v) is 11.8. The lowest BCUT2D eigenvalue weighted by Crippen LogP contribution is -2.35. The number of hydrogen-bond acceptors (Lipinski definition) is 1. The third-order valence-electron chi connectivity index (χ3n) is 3.98. The Balaban J connectivity index is 2.08. The van der Waals surface area contributed by atoms with Crippen LogP contribution in [0.4, 0.5) is 0 Å². The fraction of sp³-hybridized carbons (Fsp3) is 1.00. The summed E-state index contributed by atoms with van der Waals surface area (Å²) in [5.74, 6) is 0. The van der Waals surface area contributed by atoms with Crippen LogP contribution in [0.2, 0.25) is 0 Å². The Bertz CT molecular complexity index is 186. The average molecular weight is 225 g/mol. The minimum atomic E-state index is 0.583. The van der Waals surface area contributed by atoms with Crippen molar-refractivity contribution < 1.29 is 0 Å². The van der Waals surface area contributed by atoms with Crippen molar-refractivity contribution in [1.29, 1.82) is 0 Å². The maximum Gasteiger partial charge on any atom is 0.00748 e. The summed E-state index contributed by atoms with van der Waals surface area (Å²) in [5.41, 5.74) is 0.583. The first-order valence-corrected chi connectivity index (χ1v) is 7.29. The van der Waals surface area contributed by atoms with Crippen molar-refractivity contribution in [2.24, 2.45) is 5.41 Å². The van der Waals surface area contributed by atoms with E-state index in [0.29, 0.717) is 5.41 Å². The second kappa shape index (κ2) is 6.64. The van der Waals surface area contributed by atoms with E-state index in [-0.39, 0.29) is 0 Å². The van der Waals surface area contributed by atoms with Gasteiger partial charge in [-0.25, -0.2) is 0 Å². The summed E-state index contributed by atoms with van der Waals surface area (Å²) in [6.07, 6.45) is 11.1. The average Bonchev–Trinajstić information content (AvgIpc) is 2.53. The summed E-state index contributed by atoms with van der Waals surface area (Å²) in [5, 5.41) is 3.81. The molecule has 0 spiro atoms. The Morgan fingerprint density at radius 3 is 2.56 bits per heavy atom.